The molecule has 1 saturated carbocycles. The summed E-state index contributed by atoms with van der Waals surface area (Å²) in [6.45, 7) is 4.34. The number of amides is 1. The standard InChI is InChI=1S/C16H22N4O4/c1-10-13(18-24-17-10)7-19-5-12-6-20(14(21)11-3-2-4-11)9-16(12,8-19)15(22)23/h11-12H,2-9H2,1H3,(H,22,23)/t12-,16-/m0/s1. The molecule has 2 atom stereocenters. The molecule has 1 aromatic rings. The molecule has 2 saturated heterocycles. The summed E-state index contributed by atoms with van der Waals surface area (Å²) in [5.41, 5.74) is 0.626. The molecule has 1 aromatic heterocycles. The van der Waals surface area contributed by atoms with Gasteiger partial charge >= 0.3 is 5.97 Å². The minimum Gasteiger partial charge on any atom is -0.481 e. The van der Waals surface area contributed by atoms with E-state index in [-0.39, 0.29) is 17.7 Å². The van der Waals surface area contributed by atoms with Crippen molar-refractivity contribution in [1.29, 1.82) is 0 Å². The topological polar surface area (TPSA) is 99.8 Å². The van der Waals surface area contributed by atoms with Gasteiger partial charge < -0.3 is 10.0 Å². The summed E-state index contributed by atoms with van der Waals surface area (Å²) >= 11 is 0. The summed E-state index contributed by atoms with van der Waals surface area (Å²) in [7, 11) is 0. The van der Waals surface area contributed by atoms with Crippen LogP contribution in [0.1, 0.15) is 30.7 Å². The number of rotatable bonds is 4. The number of carbonyl (C=O) groups is 2. The van der Waals surface area contributed by atoms with Gasteiger partial charge in [0.15, 0.2) is 0 Å². The van der Waals surface area contributed by atoms with Crippen molar-refractivity contribution in [3.05, 3.63) is 11.4 Å². The number of aromatic nitrogens is 2. The molecule has 4 rings (SSSR count). The molecule has 1 N–H and O–H groups in total. The largest absolute Gasteiger partial charge is 0.481 e. The normalized spacial score (nSPS) is 30.4. The van der Waals surface area contributed by atoms with Gasteiger partial charge in [-0.1, -0.05) is 16.7 Å². The average Bonchev–Trinajstić information content (AvgIpc) is 3.10. The van der Waals surface area contributed by atoms with Crippen molar-refractivity contribution in [3.8, 4) is 0 Å². The zero-order valence-electron chi connectivity index (χ0n) is 13.8. The summed E-state index contributed by atoms with van der Waals surface area (Å²) in [4.78, 5) is 28.4. The minimum atomic E-state index is -0.857. The quantitative estimate of drug-likeness (QED) is 0.857. The highest BCUT2D eigenvalue weighted by molar-refractivity contribution is 5.83. The van der Waals surface area contributed by atoms with Crippen molar-refractivity contribution >= 4 is 11.9 Å². The van der Waals surface area contributed by atoms with Gasteiger partial charge in [0, 0.05) is 44.6 Å². The third-order valence-corrected chi connectivity index (χ3v) is 5.99. The van der Waals surface area contributed by atoms with Gasteiger partial charge in [0.2, 0.25) is 5.91 Å². The van der Waals surface area contributed by atoms with Crippen molar-refractivity contribution in [2.75, 3.05) is 26.2 Å². The van der Waals surface area contributed by atoms with Gasteiger partial charge in [-0.25, -0.2) is 4.63 Å². The van der Waals surface area contributed by atoms with Crippen LogP contribution in [0.15, 0.2) is 4.63 Å². The fourth-order valence-electron chi connectivity index (χ4n) is 4.28. The molecule has 3 aliphatic rings. The van der Waals surface area contributed by atoms with Gasteiger partial charge in [0.05, 0.1) is 0 Å². The highest BCUT2D eigenvalue weighted by Crippen LogP contribution is 2.44. The number of likely N-dealkylation sites (tertiary alicyclic amines) is 2. The zero-order chi connectivity index (χ0) is 16.9. The van der Waals surface area contributed by atoms with Gasteiger partial charge in [0.1, 0.15) is 16.8 Å². The predicted molar refractivity (Wildman–Crippen MR) is 81.8 cm³/mol. The summed E-state index contributed by atoms with van der Waals surface area (Å²) in [5.74, 6) is -0.554. The van der Waals surface area contributed by atoms with Crippen LogP contribution in [0.2, 0.25) is 0 Å². The Bertz CT molecular complexity index is 671. The highest BCUT2D eigenvalue weighted by atomic mass is 16.6. The van der Waals surface area contributed by atoms with Crippen molar-refractivity contribution in [2.24, 2.45) is 17.3 Å². The van der Waals surface area contributed by atoms with Crippen LogP contribution in [0.3, 0.4) is 0 Å². The van der Waals surface area contributed by atoms with E-state index < -0.39 is 11.4 Å². The molecule has 0 radical (unpaired) electrons. The molecule has 0 unspecified atom stereocenters. The Labute approximate surface area is 139 Å². The van der Waals surface area contributed by atoms with Crippen molar-refractivity contribution in [1.82, 2.24) is 20.1 Å². The molecule has 8 heteroatoms. The van der Waals surface area contributed by atoms with E-state index >= 15 is 0 Å². The van der Waals surface area contributed by atoms with E-state index in [0.717, 1.165) is 30.7 Å². The number of carbonyl (C=O) groups excluding carboxylic acids is 1. The van der Waals surface area contributed by atoms with Crippen molar-refractivity contribution in [2.45, 2.75) is 32.7 Å². The number of hydrogen-bond acceptors (Lipinski definition) is 6. The fourth-order valence-corrected chi connectivity index (χ4v) is 4.28. The third-order valence-electron chi connectivity index (χ3n) is 5.99. The Morgan fingerprint density at radius 2 is 2.08 bits per heavy atom. The van der Waals surface area contributed by atoms with E-state index in [9.17, 15) is 14.7 Å². The van der Waals surface area contributed by atoms with Gasteiger partial charge in [-0.15, -0.1) is 0 Å². The first-order valence-corrected chi connectivity index (χ1v) is 8.52. The maximum absolute atomic E-state index is 12.5. The first-order valence-electron chi connectivity index (χ1n) is 8.52. The first-order chi connectivity index (χ1) is 11.5. The van der Waals surface area contributed by atoms with E-state index in [2.05, 4.69) is 15.2 Å². The molecule has 0 bridgehead atoms. The third kappa shape index (κ3) is 2.31. The maximum Gasteiger partial charge on any atom is 0.313 e. The van der Waals surface area contributed by atoms with Gasteiger partial charge in [-0.2, -0.15) is 0 Å². The van der Waals surface area contributed by atoms with E-state index in [1.807, 2.05) is 6.92 Å². The lowest BCUT2D eigenvalue weighted by molar-refractivity contribution is -0.149. The molecule has 1 amide bonds. The molecule has 0 aromatic carbocycles. The van der Waals surface area contributed by atoms with Crippen molar-refractivity contribution in [3.63, 3.8) is 0 Å². The van der Waals surface area contributed by atoms with Crippen LogP contribution >= 0.6 is 0 Å². The SMILES string of the molecule is Cc1nonc1CN1C[C@H]2CN(C(=O)C3CCC3)C[C@@]2(C(=O)O)C1. The lowest BCUT2D eigenvalue weighted by Gasteiger charge is -2.31. The summed E-state index contributed by atoms with van der Waals surface area (Å²) in [5, 5.41) is 17.5. The second-order valence-corrected chi connectivity index (χ2v) is 7.47. The van der Waals surface area contributed by atoms with Crippen LogP contribution in [-0.2, 0) is 16.1 Å². The molecule has 130 valence electrons. The first kappa shape index (κ1) is 15.6. The molecular weight excluding hydrogens is 312 g/mol. The molecule has 2 aliphatic heterocycles. The number of nitrogens with zero attached hydrogens (tertiary/aromatic N) is 4. The van der Waals surface area contributed by atoms with Crippen LogP contribution in [0, 0.1) is 24.2 Å². The van der Waals surface area contributed by atoms with Crippen LogP contribution in [0.5, 0.6) is 0 Å². The fraction of sp³-hybridized carbons (Fsp3) is 0.750. The molecule has 24 heavy (non-hydrogen) atoms. The molecule has 8 nitrogen and oxygen atoms in total. The molecule has 3 heterocycles. The van der Waals surface area contributed by atoms with Gasteiger partial charge in [0.25, 0.3) is 0 Å². The summed E-state index contributed by atoms with van der Waals surface area (Å²) in [6.07, 6.45) is 3.01. The van der Waals surface area contributed by atoms with Crippen molar-refractivity contribution < 1.29 is 19.3 Å². The number of hydrogen-bond donors (Lipinski definition) is 1. The number of carboxylic acids is 1. The molecular formula is C16H22N4O4. The Morgan fingerprint density at radius 3 is 2.62 bits per heavy atom. The predicted octanol–water partition coefficient (Wildman–Crippen LogP) is 0.523. The van der Waals surface area contributed by atoms with Gasteiger partial charge in [-0.3, -0.25) is 14.5 Å². The van der Waals surface area contributed by atoms with Crippen LogP contribution < -0.4 is 0 Å². The maximum atomic E-state index is 12.5. The van der Waals surface area contributed by atoms with Crippen LogP contribution in [-0.4, -0.2) is 63.3 Å². The zero-order valence-corrected chi connectivity index (χ0v) is 13.8. The number of fused-ring (bicyclic) bond motifs is 1. The average molecular weight is 334 g/mol. The molecule has 3 fully saturated rings. The van der Waals surface area contributed by atoms with E-state index in [1.54, 1.807) is 4.90 Å². The summed E-state index contributed by atoms with van der Waals surface area (Å²) in [6, 6.07) is 0. The van der Waals surface area contributed by atoms with E-state index in [1.165, 1.54) is 0 Å². The highest BCUT2D eigenvalue weighted by Gasteiger charge is 2.58. The van der Waals surface area contributed by atoms with E-state index in [4.69, 9.17) is 4.63 Å². The molecule has 1 aliphatic carbocycles. The Hall–Kier alpha value is -1.96. The Kier molecular flexibility index (Phi) is 3.59. The Balaban J connectivity index is 1.48. The Morgan fingerprint density at radius 1 is 1.29 bits per heavy atom. The number of aryl methyl sites for hydroxylation is 1. The number of aliphatic carboxylic acids is 1. The van der Waals surface area contributed by atoms with Gasteiger partial charge in [-0.05, 0) is 19.8 Å². The van der Waals surface area contributed by atoms with Crippen LogP contribution in [0.25, 0.3) is 0 Å². The summed E-state index contributed by atoms with van der Waals surface area (Å²) < 4.78 is 4.72. The molecule has 0 spiro atoms. The second-order valence-electron chi connectivity index (χ2n) is 7.47. The minimum absolute atomic E-state index is 0.0285. The lowest BCUT2D eigenvalue weighted by Crippen LogP contribution is -2.44. The second kappa shape index (κ2) is 5.54. The van der Waals surface area contributed by atoms with E-state index in [0.29, 0.717) is 32.7 Å². The number of carboxylic acid groups (broad SMARTS) is 1. The monoisotopic (exact) mass is 334 g/mol. The van der Waals surface area contributed by atoms with Crippen LogP contribution in [0.4, 0.5) is 0 Å². The lowest BCUT2D eigenvalue weighted by atomic mass is 9.81. The smallest absolute Gasteiger partial charge is 0.313 e.